The van der Waals surface area contributed by atoms with Gasteiger partial charge in [-0.1, -0.05) is 19.1 Å². The summed E-state index contributed by atoms with van der Waals surface area (Å²) in [6, 6.07) is 0.541. The SMILES string of the molecule is CCS(=O)(=O)CCCNC1CC=CC1. The summed E-state index contributed by atoms with van der Waals surface area (Å²) >= 11 is 0. The van der Waals surface area contributed by atoms with Crippen molar-refractivity contribution in [3.8, 4) is 0 Å². The summed E-state index contributed by atoms with van der Waals surface area (Å²) in [5.41, 5.74) is 0. The molecule has 0 saturated heterocycles. The average Bonchev–Trinajstić information content (AvgIpc) is 2.65. The lowest BCUT2D eigenvalue weighted by Crippen LogP contribution is -2.28. The van der Waals surface area contributed by atoms with Crippen LogP contribution in [0.15, 0.2) is 12.2 Å². The Morgan fingerprint density at radius 1 is 1.36 bits per heavy atom. The maximum Gasteiger partial charge on any atom is 0.150 e. The van der Waals surface area contributed by atoms with Gasteiger partial charge in [0.25, 0.3) is 0 Å². The second-order valence-corrected chi connectivity index (χ2v) is 6.16. The van der Waals surface area contributed by atoms with Crippen LogP contribution >= 0.6 is 0 Å². The molecule has 1 N–H and O–H groups in total. The van der Waals surface area contributed by atoms with Gasteiger partial charge in [0.05, 0.1) is 5.75 Å². The van der Waals surface area contributed by atoms with Crippen LogP contribution in [0.5, 0.6) is 0 Å². The van der Waals surface area contributed by atoms with E-state index >= 15 is 0 Å². The fraction of sp³-hybridized carbons (Fsp3) is 0.800. The summed E-state index contributed by atoms with van der Waals surface area (Å²) in [5.74, 6) is 0.578. The average molecular weight is 217 g/mol. The van der Waals surface area contributed by atoms with Crippen molar-refractivity contribution in [2.75, 3.05) is 18.1 Å². The Balaban J connectivity index is 2.05. The minimum Gasteiger partial charge on any atom is -0.313 e. The van der Waals surface area contributed by atoms with Gasteiger partial charge in [-0.15, -0.1) is 0 Å². The minimum absolute atomic E-state index is 0.262. The first-order chi connectivity index (χ1) is 6.64. The second kappa shape index (κ2) is 5.51. The largest absolute Gasteiger partial charge is 0.313 e. The Kier molecular flexibility index (Phi) is 4.62. The molecule has 82 valence electrons. The first kappa shape index (κ1) is 11.7. The van der Waals surface area contributed by atoms with Crippen LogP contribution in [-0.2, 0) is 9.84 Å². The molecule has 1 aliphatic rings. The molecule has 0 saturated carbocycles. The minimum atomic E-state index is -2.77. The lowest BCUT2D eigenvalue weighted by molar-refractivity contribution is 0.533. The summed E-state index contributed by atoms with van der Waals surface area (Å²) in [6.07, 6.45) is 7.23. The van der Waals surface area contributed by atoms with Crippen LogP contribution in [0, 0.1) is 0 Å². The van der Waals surface area contributed by atoms with E-state index in [0.717, 1.165) is 25.8 Å². The van der Waals surface area contributed by atoms with Crippen molar-refractivity contribution in [2.45, 2.75) is 32.2 Å². The molecule has 0 aromatic rings. The summed E-state index contributed by atoms with van der Waals surface area (Å²) in [7, 11) is -2.77. The van der Waals surface area contributed by atoms with Crippen molar-refractivity contribution < 1.29 is 8.42 Å². The molecule has 3 nitrogen and oxygen atoms in total. The molecule has 0 aromatic carbocycles. The highest BCUT2D eigenvalue weighted by atomic mass is 32.2. The van der Waals surface area contributed by atoms with E-state index in [1.807, 2.05) is 0 Å². The smallest absolute Gasteiger partial charge is 0.150 e. The van der Waals surface area contributed by atoms with Crippen LogP contribution in [0.25, 0.3) is 0 Å². The molecule has 0 atom stereocenters. The van der Waals surface area contributed by atoms with Crippen LogP contribution in [0.3, 0.4) is 0 Å². The van der Waals surface area contributed by atoms with E-state index < -0.39 is 9.84 Å². The Morgan fingerprint density at radius 3 is 2.57 bits per heavy atom. The maximum absolute atomic E-state index is 11.2. The van der Waals surface area contributed by atoms with Gasteiger partial charge < -0.3 is 5.32 Å². The van der Waals surface area contributed by atoms with Crippen molar-refractivity contribution in [3.63, 3.8) is 0 Å². The number of hydrogen-bond donors (Lipinski definition) is 1. The Morgan fingerprint density at radius 2 is 2.00 bits per heavy atom. The van der Waals surface area contributed by atoms with Gasteiger partial charge in [0.2, 0.25) is 0 Å². The van der Waals surface area contributed by atoms with E-state index in [9.17, 15) is 8.42 Å². The quantitative estimate of drug-likeness (QED) is 0.535. The third-order valence-electron chi connectivity index (χ3n) is 2.51. The first-order valence-electron chi connectivity index (χ1n) is 5.23. The fourth-order valence-corrected chi connectivity index (χ4v) is 2.40. The Labute approximate surface area is 86.5 Å². The van der Waals surface area contributed by atoms with E-state index in [1.54, 1.807) is 6.92 Å². The molecule has 0 bridgehead atoms. The van der Waals surface area contributed by atoms with Gasteiger partial charge in [-0.2, -0.15) is 0 Å². The highest BCUT2D eigenvalue weighted by Crippen LogP contribution is 2.08. The zero-order chi connectivity index (χ0) is 10.4. The van der Waals surface area contributed by atoms with Gasteiger partial charge in [0, 0.05) is 11.8 Å². The standard InChI is InChI=1S/C10H19NO2S/c1-2-14(12,13)9-5-8-11-10-6-3-4-7-10/h3-4,10-11H,2,5-9H2,1H3. The molecule has 14 heavy (non-hydrogen) atoms. The molecule has 1 rings (SSSR count). The predicted molar refractivity (Wildman–Crippen MR) is 59.1 cm³/mol. The van der Waals surface area contributed by atoms with Crippen LogP contribution in [0.4, 0.5) is 0 Å². The van der Waals surface area contributed by atoms with Crippen LogP contribution in [0.2, 0.25) is 0 Å². The number of sulfone groups is 1. The van der Waals surface area contributed by atoms with Crippen LogP contribution in [0.1, 0.15) is 26.2 Å². The van der Waals surface area contributed by atoms with Crippen molar-refractivity contribution >= 4 is 9.84 Å². The number of nitrogens with one attached hydrogen (secondary N) is 1. The van der Waals surface area contributed by atoms with Gasteiger partial charge >= 0.3 is 0 Å². The molecule has 0 heterocycles. The third-order valence-corrected chi connectivity index (χ3v) is 4.30. The second-order valence-electron chi connectivity index (χ2n) is 3.68. The fourth-order valence-electron chi connectivity index (χ4n) is 1.53. The molecule has 0 aliphatic heterocycles. The molecule has 0 amide bonds. The first-order valence-corrected chi connectivity index (χ1v) is 7.05. The van der Waals surface area contributed by atoms with Crippen molar-refractivity contribution in [3.05, 3.63) is 12.2 Å². The van der Waals surface area contributed by atoms with Crippen molar-refractivity contribution in [1.29, 1.82) is 0 Å². The zero-order valence-electron chi connectivity index (χ0n) is 8.70. The highest BCUT2D eigenvalue weighted by Gasteiger charge is 2.10. The van der Waals surface area contributed by atoms with Gasteiger partial charge in [-0.05, 0) is 25.8 Å². The predicted octanol–water partition coefficient (Wildman–Crippen LogP) is 1.12. The summed E-state index contributed by atoms with van der Waals surface area (Å²) in [4.78, 5) is 0. The van der Waals surface area contributed by atoms with E-state index in [4.69, 9.17) is 0 Å². The van der Waals surface area contributed by atoms with Crippen molar-refractivity contribution in [2.24, 2.45) is 0 Å². The molecular formula is C10H19NO2S. The molecule has 0 spiro atoms. The van der Waals surface area contributed by atoms with Gasteiger partial charge in [0.15, 0.2) is 0 Å². The van der Waals surface area contributed by atoms with Crippen LogP contribution in [-0.4, -0.2) is 32.5 Å². The topological polar surface area (TPSA) is 46.2 Å². The maximum atomic E-state index is 11.2. The van der Waals surface area contributed by atoms with E-state index in [-0.39, 0.29) is 5.75 Å². The molecule has 0 fully saturated rings. The lowest BCUT2D eigenvalue weighted by atomic mass is 10.2. The number of hydrogen-bond acceptors (Lipinski definition) is 3. The van der Waals surface area contributed by atoms with E-state index in [1.165, 1.54) is 0 Å². The normalized spacial score (nSPS) is 17.8. The summed E-state index contributed by atoms with van der Waals surface area (Å²) < 4.78 is 22.3. The van der Waals surface area contributed by atoms with Gasteiger partial charge in [-0.25, -0.2) is 8.42 Å². The Hall–Kier alpha value is -0.350. The molecule has 1 aliphatic carbocycles. The third kappa shape index (κ3) is 4.24. The molecule has 0 unspecified atom stereocenters. The van der Waals surface area contributed by atoms with Crippen molar-refractivity contribution in [1.82, 2.24) is 5.32 Å². The van der Waals surface area contributed by atoms with Crippen LogP contribution < -0.4 is 5.32 Å². The Bertz CT molecular complexity index is 274. The lowest BCUT2D eigenvalue weighted by Gasteiger charge is -2.11. The number of rotatable bonds is 6. The summed E-state index contributed by atoms with van der Waals surface area (Å²) in [6.45, 7) is 2.51. The molecule has 0 radical (unpaired) electrons. The summed E-state index contributed by atoms with van der Waals surface area (Å²) in [5, 5.41) is 3.35. The van der Waals surface area contributed by atoms with Gasteiger partial charge in [-0.3, -0.25) is 0 Å². The molecular weight excluding hydrogens is 198 g/mol. The zero-order valence-corrected chi connectivity index (χ0v) is 9.52. The van der Waals surface area contributed by atoms with E-state index in [2.05, 4.69) is 17.5 Å². The van der Waals surface area contributed by atoms with E-state index in [0.29, 0.717) is 11.8 Å². The highest BCUT2D eigenvalue weighted by molar-refractivity contribution is 7.91. The van der Waals surface area contributed by atoms with Gasteiger partial charge in [0.1, 0.15) is 9.84 Å². The molecule has 4 heteroatoms. The monoisotopic (exact) mass is 217 g/mol. The molecule has 0 aromatic heterocycles.